The van der Waals surface area contributed by atoms with Gasteiger partial charge in [-0.15, -0.1) is 10.2 Å². The summed E-state index contributed by atoms with van der Waals surface area (Å²) in [5.41, 5.74) is 5.45. The quantitative estimate of drug-likeness (QED) is 0.717. The molecule has 1 unspecified atom stereocenters. The first-order valence-corrected chi connectivity index (χ1v) is 9.99. The van der Waals surface area contributed by atoms with Crippen LogP contribution < -0.4 is 5.32 Å². The Kier molecular flexibility index (Phi) is 3.74. The number of fused-ring (bicyclic) bond motifs is 1. The van der Waals surface area contributed by atoms with E-state index in [2.05, 4.69) is 42.2 Å². The summed E-state index contributed by atoms with van der Waals surface area (Å²) in [5, 5.41) is 11.4. The summed E-state index contributed by atoms with van der Waals surface area (Å²) in [7, 11) is 0. The minimum atomic E-state index is -0.233. The van der Waals surface area contributed by atoms with E-state index in [-0.39, 0.29) is 11.8 Å². The Morgan fingerprint density at radius 3 is 2.90 bits per heavy atom. The molecule has 30 heavy (non-hydrogen) atoms. The van der Waals surface area contributed by atoms with Crippen molar-refractivity contribution in [3.63, 3.8) is 0 Å². The number of nitrogens with one attached hydrogen (secondary N) is 1. The molecule has 1 amide bonds. The number of aromatic nitrogens is 5. The van der Waals surface area contributed by atoms with Crippen LogP contribution in [0.1, 0.15) is 35.2 Å². The van der Waals surface area contributed by atoms with Crippen LogP contribution in [0.25, 0.3) is 16.7 Å². The minimum Gasteiger partial charge on any atom is -0.321 e. The molecule has 3 heterocycles. The first-order valence-electron chi connectivity index (χ1n) is 9.99. The Labute approximate surface area is 172 Å². The standard InChI is InChI=1S/C23H18N6O/c30-23(20-10-14(7-9-25-20)15-2-1-8-24-12-15)27-16-3-6-18-19(11-16)21(18)22-28-26-13-29(22)17-4-5-17/h1-3,6-13,17,19H,4-5H2,(H,27,30). The highest BCUT2D eigenvalue weighted by atomic mass is 16.1. The van der Waals surface area contributed by atoms with Gasteiger partial charge in [-0.25, -0.2) is 0 Å². The summed E-state index contributed by atoms with van der Waals surface area (Å²) in [5.74, 6) is 0.918. The second kappa shape index (κ2) is 6.59. The molecule has 3 aromatic heterocycles. The highest BCUT2D eigenvalue weighted by Gasteiger charge is 2.41. The Hall–Kier alpha value is -3.87. The molecule has 0 aromatic carbocycles. The topological polar surface area (TPSA) is 85.6 Å². The van der Waals surface area contributed by atoms with Crippen LogP contribution >= 0.6 is 0 Å². The largest absolute Gasteiger partial charge is 0.321 e. The highest BCUT2D eigenvalue weighted by molar-refractivity contribution is 5.96. The van der Waals surface area contributed by atoms with Gasteiger partial charge in [0.1, 0.15) is 12.0 Å². The maximum absolute atomic E-state index is 12.8. The molecule has 0 bridgehead atoms. The van der Waals surface area contributed by atoms with Gasteiger partial charge < -0.3 is 9.88 Å². The van der Waals surface area contributed by atoms with Crippen molar-refractivity contribution in [2.45, 2.75) is 18.9 Å². The van der Waals surface area contributed by atoms with Gasteiger partial charge in [0.05, 0.1) is 0 Å². The number of carbonyl (C=O) groups excluding carboxylic acids is 1. The predicted molar refractivity (Wildman–Crippen MR) is 111 cm³/mol. The van der Waals surface area contributed by atoms with E-state index in [0.29, 0.717) is 11.7 Å². The Bertz CT molecular complexity index is 1250. The molecule has 1 fully saturated rings. The van der Waals surface area contributed by atoms with E-state index in [4.69, 9.17) is 0 Å². The van der Waals surface area contributed by atoms with E-state index < -0.39 is 0 Å². The van der Waals surface area contributed by atoms with E-state index in [9.17, 15) is 4.79 Å². The molecule has 0 aliphatic heterocycles. The smallest absolute Gasteiger partial charge is 0.274 e. The number of carbonyl (C=O) groups is 1. The monoisotopic (exact) mass is 394 g/mol. The first kappa shape index (κ1) is 17.0. The van der Waals surface area contributed by atoms with Crippen LogP contribution in [0.4, 0.5) is 0 Å². The number of hydrogen-bond donors (Lipinski definition) is 1. The number of hydrogen-bond acceptors (Lipinski definition) is 5. The molecule has 0 saturated heterocycles. The van der Waals surface area contributed by atoms with E-state index in [1.165, 1.54) is 24.0 Å². The van der Waals surface area contributed by atoms with Gasteiger partial charge in [0.15, 0.2) is 5.82 Å². The summed E-state index contributed by atoms with van der Waals surface area (Å²) >= 11 is 0. The van der Waals surface area contributed by atoms with Crippen molar-refractivity contribution in [1.29, 1.82) is 0 Å². The maximum Gasteiger partial charge on any atom is 0.274 e. The molecule has 6 rings (SSSR count). The fourth-order valence-corrected chi connectivity index (χ4v) is 3.91. The van der Waals surface area contributed by atoms with Crippen molar-refractivity contribution in [1.82, 2.24) is 30.0 Å². The Balaban J connectivity index is 1.19. The number of amides is 1. The number of nitrogens with zero attached hydrogens (tertiary/aromatic N) is 5. The van der Waals surface area contributed by atoms with Crippen LogP contribution in [0.5, 0.6) is 0 Å². The van der Waals surface area contributed by atoms with Crippen LogP contribution in [0.2, 0.25) is 0 Å². The zero-order valence-electron chi connectivity index (χ0n) is 16.1. The molecule has 3 aliphatic rings. The van der Waals surface area contributed by atoms with Crippen LogP contribution in [0.3, 0.4) is 0 Å². The predicted octanol–water partition coefficient (Wildman–Crippen LogP) is 3.34. The van der Waals surface area contributed by atoms with Crippen LogP contribution in [-0.2, 0) is 0 Å². The van der Waals surface area contributed by atoms with Crippen molar-refractivity contribution < 1.29 is 4.79 Å². The van der Waals surface area contributed by atoms with Crippen molar-refractivity contribution in [2.75, 3.05) is 0 Å². The van der Waals surface area contributed by atoms with E-state index in [1.54, 1.807) is 24.7 Å². The van der Waals surface area contributed by atoms with Gasteiger partial charge in [-0.2, -0.15) is 0 Å². The van der Waals surface area contributed by atoms with Gasteiger partial charge in [0.25, 0.3) is 5.91 Å². The summed E-state index contributed by atoms with van der Waals surface area (Å²) in [4.78, 5) is 21.1. The molecule has 1 atom stereocenters. The van der Waals surface area contributed by atoms with Gasteiger partial charge in [-0.1, -0.05) is 12.1 Å². The SMILES string of the molecule is O=C(NC1=CC2C(=C2c2nncn2C2CC2)C=C1)c1cc(-c2cccnc2)ccn1. The Morgan fingerprint density at radius 2 is 2.07 bits per heavy atom. The second-order valence-electron chi connectivity index (χ2n) is 7.72. The maximum atomic E-state index is 12.8. The summed E-state index contributed by atoms with van der Waals surface area (Å²) in [6.07, 6.45) is 15.4. The molecule has 0 radical (unpaired) electrons. The summed E-state index contributed by atoms with van der Waals surface area (Å²) in [6, 6.07) is 8.02. The molecule has 7 nitrogen and oxygen atoms in total. The summed E-state index contributed by atoms with van der Waals surface area (Å²) < 4.78 is 2.18. The van der Waals surface area contributed by atoms with Crippen LogP contribution in [-0.4, -0.2) is 30.6 Å². The molecule has 1 saturated carbocycles. The number of pyridine rings is 2. The normalized spacial score (nSPS) is 19.3. The van der Waals surface area contributed by atoms with Gasteiger partial charge in [-0.05, 0) is 54.3 Å². The lowest BCUT2D eigenvalue weighted by atomic mass is 10.1. The third-order valence-electron chi connectivity index (χ3n) is 5.66. The Morgan fingerprint density at radius 1 is 1.13 bits per heavy atom. The van der Waals surface area contributed by atoms with Crippen molar-refractivity contribution in [2.24, 2.45) is 5.92 Å². The lowest BCUT2D eigenvalue weighted by Crippen LogP contribution is -2.23. The third-order valence-corrected chi connectivity index (χ3v) is 5.66. The van der Waals surface area contributed by atoms with Crippen molar-refractivity contribution in [3.8, 4) is 11.1 Å². The fraction of sp³-hybridized carbons (Fsp3) is 0.174. The number of rotatable bonds is 5. The third kappa shape index (κ3) is 2.95. The van der Waals surface area contributed by atoms with Gasteiger partial charge in [0.2, 0.25) is 0 Å². The molecule has 7 heteroatoms. The molecule has 146 valence electrons. The van der Waals surface area contributed by atoms with Crippen LogP contribution in [0, 0.1) is 5.92 Å². The number of allylic oxidation sites excluding steroid dienone is 5. The molecule has 0 spiro atoms. The van der Waals surface area contributed by atoms with Gasteiger partial charge >= 0.3 is 0 Å². The summed E-state index contributed by atoms with van der Waals surface area (Å²) in [6.45, 7) is 0. The minimum absolute atomic E-state index is 0.196. The lowest BCUT2D eigenvalue weighted by Gasteiger charge is -2.09. The van der Waals surface area contributed by atoms with E-state index in [0.717, 1.165) is 22.6 Å². The average Bonchev–Trinajstić information content (AvgIpc) is 3.71. The van der Waals surface area contributed by atoms with Crippen molar-refractivity contribution in [3.05, 3.63) is 90.2 Å². The highest BCUT2D eigenvalue weighted by Crippen LogP contribution is 2.51. The fourth-order valence-electron chi connectivity index (χ4n) is 3.91. The molecule has 3 aliphatic carbocycles. The van der Waals surface area contributed by atoms with Crippen LogP contribution in [0.15, 0.2) is 78.7 Å². The molecular formula is C23H18N6O. The zero-order chi connectivity index (χ0) is 20.1. The van der Waals surface area contributed by atoms with Gasteiger partial charge in [0, 0.05) is 47.4 Å². The average molecular weight is 394 g/mol. The lowest BCUT2D eigenvalue weighted by molar-refractivity contribution is 0.0962. The van der Waals surface area contributed by atoms with Crippen molar-refractivity contribution >= 4 is 11.5 Å². The molecule has 1 N–H and O–H groups in total. The van der Waals surface area contributed by atoms with E-state index in [1.807, 2.05) is 30.6 Å². The van der Waals surface area contributed by atoms with Gasteiger partial charge in [-0.3, -0.25) is 14.8 Å². The zero-order valence-corrected chi connectivity index (χ0v) is 16.1. The molecular weight excluding hydrogens is 376 g/mol. The molecule has 3 aromatic rings. The second-order valence-corrected chi connectivity index (χ2v) is 7.72. The first-order chi connectivity index (χ1) is 14.8. The van der Waals surface area contributed by atoms with E-state index >= 15 is 0 Å².